The number of benzene rings is 2. The first-order chi connectivity index (χ1) is 24.1. The van der Waals surface area contributed by atoms with E-state index in [1.165, 1.54) is 13.2 Å². The van der Waals surface area contributed by atoms with E-state index in [0.717, 1.165) is 94.7 Å². The highest BCUT2D eigenvalue weighted by Crippen LogP contribution is 2.54. The number of methoxy groups -OCH3 is 1. The molecule has 50 heavy (non-hydrogen) atoms. The molecule has 2 aromatic carbocycles. The second kappa shape index (κ2) is 15.3. The lowest BCUT2D eigenvalue weighted by Gasteiger charge is -2.46. The van der Waals surface area contributed by atoms with Gasteiger partial charge in [0.1, 0.15) is 5.82 Å². The van der Waals surface area contributed by atoms with Crippen molar-refractivity contribution in [3.63, 3.8) is 0 Å². The monoisotopic (exact) mass is 702 g/mol. The van der Waals surface area contributed by atoms with E-state index in [4.69, 9.17) is 11.3 Å². The third-order valence-electron chi connectivity index (χ3n) is 12.0. The molecule has 1 aliphatic carbocycles. The SMILES string of the molecule is [C-]#[N+][C@@](c1cccc(F)c1)(C1CCN(CC2CN(c3ccc(S(=O)(=O)C4CCCN(C(=C)C=C)C4)cc3)C2)CC1)[C@H]1CCC[C@@H]1CC(=O)OC. The highest BCUT2D eigenvalue weighted by atomic mass is 32.2. The van der Waals surface area contributed by atoms with Crippen molar-refractivity contribution < 1.29 is 22.3 Å². The number of hydrogen-bond donors (Lipinski definition) is 0. The lowest BCUT2D eigenvalue weighted by atomic mass is 9.63. The Morgan fingerprint density at radius 3 is 2.44 bits per heavy atom. The highest BCUT2D eigenvalue weighted by molar-refractivity contribution is 7.92. The van der Waals surface area contributed by atoms with Crippen LogP contribution in [0.4, 0.5) is 10.1 Å². The summed E-state index contributed by atoms with van der Waals surface area (Å²) in [6.45, 7) is 22.2. The molecular weight excluding hydrogens is 652 g/mol. The van der Waals surface area contributed by atoms with Crippen molar-refractivity contribution in [2.75, 3.05) is 57.8 Å². The lowest BCUT2D eigenvalue weighted by Crippen LogP contribution is -2.53. The minimum absolute atomic E-state index is 0.0198. The molecule has 3 saturated heterocycles. The molecule has 10 heteroatoms. The molecule has 4 aliphatic rings. The maximum atomic E-state index is 14.6. The van der Waals surface area contributed by atoms with Gasteiger partial charge in [0.25, 0.3) is 5.54 Å². The number of esters is 1. The Kier molecular flexibility index (Phi) is 11.0. The summed E-state index contributed by atoms with van der Waals surface area (Å²) in [4.78, 5) is 23.9. The fourth-order valence-electron chi connectivity index (χ4n) is 9.32. The van der Waals surface area contributed by atoms with E-state index in [2.05, 4.69) is 27.8 Å². The Labute approximate surface area is 297 Å². The van der Waals surface area contributed by atoms with Gasteiger partial charge in [0.15, 0.2) is 9.84 Å². The minimum Gasteiger partial charge on any atom is -0.469 e. The van der Waals surface area contributed by atoms with E-state index in [9.17, 15) is 17.6 Å². The Morgan fingerprint density at radius 1 is 1.04 bits per heavy atom. The Morgan fingerprint density at radius 2 is 1.78 bits per heavy atom. The van der Waals surface area contributed by atoms with Gasteiger partial charge in [-0.15, -0.1) is 0 Å². The number of halogens is 1. The van der Waals surface area contributed by atoms with Crippen molar-refractivity contribution in [3.05, 3.63) is 96.3 Å². The van der Waals surface area contributed by atoms with Crippen LogP contribution >= 0.6 is 0 Å². The zero-order valence-electron chi connectivity index (χ0n) is 29.3. The largest absolute Gasteiger partial charge is 0.469 e. The number of ether oxygens (including phenoxy) is 1. The molecule has 0 aromatic heterocycles. The number of hydrogen-bond acceptors (Lipinski definition) is 7. The van der Waals surface area contributed by atoms with Crippen LogP contribution < -0.4 is 4.90 Å². The third kappa shape index (κ3) is 7.22. The average Bonchev–Trinajstić information content (AvgIpc) is 3.58. The van der Waals surface area contributed by atoms with Crippen LogP contribution in [0.25, 0.3) is 4.85 Å². The Bertz CT molecular complexity index is 1690. The first kappa shape index (κ1) is 36.1. The summed E-state index contributed by atoms with van der Waals surface area (Å²) < 4.78 is 46.6. The van der Waals surface area contributed by atoms with Crippen LogP contribution in [0.1, 0.15) is 56.9 Å². The second-order valence-electron chi connectivity index (χ2n) is 14.8. The summed E-state index contributed by atoms with van der Waals surface area (Å²) in [5, 5.41) is -0.454. The number of nitrogens with zero attached hydrogens (tertiary/aromatic N) is 4. The summed E-state index contributed by atoms with van der Waals surface area (Å²) >= 11 is 0. The summed E-state index contributed by atoms with van der Waals surface area (Å²) in [6, 6.07) is 14.0. The van der Waals surface area contributed by atoms with Gasteiger partial charge in [-0.25, -0.2) is 19.4 Å². The van der Waals surface area contributed by atoms with Gasteiger partial charge < -0.3 is 24.3 Å². The van der Waals surface area contributed by atoms with Gasteiger partial charge in [-0.1, -0.05) is 31.7 Å². The van der Waals surface area contributed by atoms with Crippen LogP contribution in [0.15, 0.2) is 78.4 Å². The van der Waals surface area contributed by atoms with Crippen molar-refractivity contribution in [1.82, 2.24) is 9.80 Å². The van der Waals surface area contributed by atoms with Crippen molar-refractivity contribution >= 4 is 21.5 Å². The quantitative estimate of drug-likeness (QED) is 0.138. The molecule has 3 heterocycles. The molecule has 3 aliphatic heterocycles. The van der Waals surface area contributed by atoms with Gasteiger partial charge in [0, 0.05) is 73.8 Å². The van der Waals surface area contributed by atoms with Gasteiger partial charge in [0.05, 0.1) is 17.3 Å². The predicted octanol–water partition coefficient (Wildman–Crippen LogP) is 6.71. The second-order valence-corrected chi connectivity index (χ2v) is 17.0. The molecule has 268 valence electrons. The highest BCUT2D eigenvalue weighted by Gasteiger charge is 2.58. The van der Waals surface area contributed by atoms with Crippen LogP contribution in [-0.2, 0) is 24.9 Å². The van der Waals surface area contributed by atoms with Crippen LogP contribution in [0.5, 0.6) is 0 Å². The molecule has 4 fully saturated rings. The van der Waals surface area contributed by atoms with Gasteiger partial charge >= 0.3 is 5.97 Å². The first-order valence-corrected chi connectivity index (χ1v) is 19.7. The molecule has 6 rings (SSSR count). The molecule has 1 unspecified atom stereocenters. The zero-order chi connectivity index (χ0) is 35.5. The summed E-state index contributed by atoms with van der Waals surface area (Å²) in [6.07, 6.45) is 7.85. The van der Waals surface area contributed by atoms with Gasteiger partial charge in [-0.05, 0) is 100 Å². The molecule has 0 radical (unpaired) electrons. The fourth-order valence-corrected chi connectivity index (χ4v) is 11.1. The number of likely N-dealkylation sites (tertiary alicyclic amines) is 2. The molecule has 8 nitrogen and oxygen atoms in total. The van der Waals surface area contributed by atoms with Crippen LogP contribution in [0.3, 0.4) is 0 Å². The number of anilines is 1. The Balaban J connectivity index is 1.05. The Hall–Kier alpha value is -3.68. The van der Waals surface area contributed by atoms with E-state index in [1.54, 1.807) is 30.3 Å². The van der Waals surface area contributed by atoms with E-state index in [0.29, 0.717) is 30.2 Å². The maximum Gasteiger partial charge on any atom is 0.305 e. The molecule has 0 spiro atoms. The van der Waals surface area contributed by atoms with Crippen molar-refractivity contribution in [1.29, 1.82) is 0 Å². The van der Waals surface area contributed by atoms with Crippen molar-refractivity contribution in [2.24, 2.45) is 23.7 Å². The maximum absolute atomic E-state index is 14.6. The molecule has 0 amide bonds. The summed E-state index contributed by atoms with van der Waals surface area (Å²) in [5.74, 6) is 0.0446. The number of carbonyl (C=O) groups excluding carboxylic acids is 1. The van der Waals surface area contributed by atoms with E-state index in [-0.39, 0.29) is 29.5 Å². The summed E-state index contributed by atoms with van der Waals surface area (Å²) in [5.41, 5.74) is 1.69. The topological polar surface area (TPSA) is 74.5 Å². The van der Waals surface area contributed by atoms with Gasteiger partial charge in [-0.3, -0.25) is 4.79 Å². The van der Waals surface area contributed by atoms with E-state index in [1.807, 2.05) is 23.1 Å². The first-order valence-electron chi connectivity index (χ1n) is 18.2. The van der Waals surface area contributed by atoms with Crippen molar-refractivity contribution in [3.8, 4) is 0 Å². The number of sulfone groups is 1. The van der Waals surface area contributed by atoms with E-state index >= 15 is 0 Å². The molecule has 2 aromatic rings. The van der Waals surface area contributed by atoms with Crippen LogP contribution in [0.2, 0.25) is 0 Å². The normalized spacial score (nSPS) is 24.9. The molecule has 1 saturated carbocycles. The molecule has 4 atom stereocenters. The number of piperidine rings is 2. The fraction of sp³-hybridized carbons (Fsp3) is 0.550. The predicted molar refractivity (Wildman–Crippen MR) is 195 cm³/mol. The van der Waals surface area contributed by atoms with Crippen LogP contribution in [0, 0.1) is 36.1 Å². The smallest absolute Gasteiger partial charge is 0.305 e. The summed E-state index contributed by atoms with van der Waals surface area (Å²) in [7, 11) is -2.04. The average molecular weight is 703 g/mol. The van der Waals surface area contributed by atoms with Gasteiger partial charge in [0.2, 0.25) is 0 Å². The van der Waals surface area contributed by atoms with Crippen LogP contribution in [-0.4, -0.2) is 82.4 Å². The minimum atomic E-state index is -3.45. The van der Waals surface area contributed by atoms with Crippen molar-refractivity contribution in [2.45, 2.75) is 67.1 Å². The molecule has 0 bridgehead atoms. The standard InChI is InChI=1S/C40H51FN4O4S/c1-5-29(2)44-20-8-12-37(28-44)50(47,48)36-16-14-35(15-17-36)45-26-30(27-45)25-43-21-18-32(19-22-43)40(42-3,33-10-7-11-34(41)24-33)38-13-6-9-31(38)23-39(46)49-4/h5,7,10-11,14-17,24,30-32,37-38H,1-2,6,8-9,12-13,18-23,25-28H2,4H3/t31-,37?,38+,40-/m1/s1. The number of allylic oxidation sites excluding steroid dienone is 1. The zero-order valence-corrected chi connectivity index (χ0v) is 30.1. The lowest BCUT2D eigenvalue weighted by molar-refractivity contribution is -0.142. The third-order valence-corrected chi connectivity index (χ3v) is 14.2. The van der Waals surface area contributed by atoms with Gasteiger partial charge in [-0.2, -0.15) is 0 Å². The molecular formula is C40H51FN4O4S. The number of rotatable bonds is 12. The number of carbonyl (C=O) groups is 1. The van der Waals surface area contributed by atoms with E-state index < -0.39 is 20.6 Å². The molecule has 0 N–H and O–H groups in total.